The van der Waals surface area contributed by atoms with Crippen molar-refractivity contribution in [2.75, 3.05) is 29.9 Å². The average molecular weight is 534 g/mol. The number of piperidine rings is 1. The van der Waals surface area contributed by atoms with Crippen LogP contribution in [-0.2, 0) is 11.2 Å². The molecule has 2 heterocycles. The van der Waals surface area contributed by atoms with E-state index in [4.69, 9.17) is 11.6 Å². The van der Waals surface area contributed by atoms with Gasteiger partial charge in [0.25, 0.3) is 11.8 Å². The molecule has 38 heavy (non-hydrogen) atoms. The van der Waals surface area contributed by atoms with Gasteiger partial charge in [0.2, 0.25) is 5.91 Å². The van der Waals surface area contributed by atoms with E-state index in [0.717, 1.165) is 36.7 Å². The van der Waals surface area contributed by atoms with E-state index in [1.807, 2.05) is 36.1 Å². The maximum Gasteiger partial charge on any atom is 0.258 e. The Labute approximate surface area is 226 Å². The van der Waals surface area contributed by atoms with Gasteiger partial charge in [-0.25, -0.2) is 4.39 Å². The molecule has 1 saturated heterocycles. The van der Waals surface area contributed by atoms with E-state index in [0.29, 0.717) is 37.2 Å². The predicted octanol–water partition coefficient (Wildman–Crippen LogP) is 5.95. The Bertz CT molecular complexity index is 1390. The van der Waals surface area contributed by atoms with E-state index in [1.54, 1.807) is 29.2 Å². The van der Waals surface area contributed by atoms with E-state index in [2.05, 4.69) is 5.32 Å². The van der Waals surface area contributed by atoms with Crippen molar-refractivity contribution in [1.82, 2.24) is 4.90 Å². The summed E-state index contributed by atoms with van der Waals surface area (Å²) >= 11 is 6.04. The van der Waals surface area contributed by atoms with Crippen LogP contribution in [0.4, 0.5) is 15.8 Å². The molecule has 8 heteroatoms. The van der Waals surface area contributed by atoms with Gasteiger partial charge >= 0.3 is 0 Å². The van der Waals surface area contributed by atoms with Gasteiger partial charge in [0.1, 0.15) is 5.82 Å². The van der Waals surface area contributed by atoms with Gasteiger partial charge in [-0.15, -0.1) is 0 Å². The molecule has 1 fully saturated rings. The number of anilines is 2. The number of nitrogens with one attached hydrogen (secondary N) is 1. The summed E-state index contributed by atoms with van der Waals surface area (Å²) in [6, 6.07) is 18.0. The Morgan fingerprint density at radius 3 is 2.55 bits per heavy atom. The van der Waals surface area contributed by atoms with Crippen LogP contribution in [0.1, 0.15) is 52.5 Å². The number of benzene rings is 3. The third-order valence-electron chi connectivity index (χ3n) is 7.64. The molecule has 1 spiro atoms. The van der Waals surface area contributed by atoms with Crippen LogP contribution in [0.3, 0.4) is 0 Å². The monoisotopic (exact) mass is 533 g/mol. The number of fused-ring (bicyclic) bond motifs is 1. The molecule has 1 unspecified atom stereocenters. The molecule has 6 nitrogen and oxygen atoms in total. The van der Waals surface area contributed by atoms with Gasteiger partial charge in [-0.2, -0.15) is 0 Å². The zero-order valence-corrected chi connectivity index (χ0v) is 21.9. The number of hydrogen-bond donors (Lipinski definition) is 1. The van der Waals surface area contributed by atoms with Gasteiger partial charge in [0.05, 0.1) is 16.0 Å². The van der Waals surface area contributed by atoms with Crippen LogP contribution >= 0.6 is 11.6 Å². The summed E-state index contributed by atoms with van der Waals surface area (Å²) in [7, 11) is 0. The highest BCUT2D eigenvalue weighted by Crippen LogP contribution is 2.43. The molecule has 3 aromatic carbocycles. The van der Waals surface area contributed by atoms with E-state index in [-0.39, 0.29) is 22.4 Å². The molecule has 0 radical (unpaired) electrons. The number of para-hydroxylation sites is 1. The summed E-state index contributed by atoms with van der Waals surface area (Å²) in [5.41, 5.74) is 2.28. The average Bonchev–Trinajstić information content (AvgIpc) is 3.09. The molecule has 0 aromatic heterocycles. The standard InChI is InChI=1S/C30H29ClFN3O3/c1-2-34-16-5-14-30(29(34)38)15-17-35(26-7-4-3-6-21(26)19-30)28(37)20-8-11-23(12-9-20)33-27(36)24-18-22(32)10-13-25(24)31/h3-4,6-13,18H,2,5,14-17,19H2,1H3,(H,33,36). The van der Waals surface area contributed by atoms with Gasteiger partial charge in [-0.3, -0.25) is 14.4 Å². The molecule has 0 aliphatic carbocycles. The van der Waals surface area contributed by atoms with Crippen LogP contribution in [-0.4, -0.2) is 42.3 Å². The summed E-state index contributed by atoms with van der Waals surface area (Å²) in [4.78, 5) is 43.5. The lowest BCUT2D eigenvalue weighted by atomic mass is 9.72. The molecule has 196 valence electrons. The fourth-order valence-corrected chi connectivity index (χ4v) is 5.81. The van der Waals surface area contributed by atoms with Crippen LogP contribution < -0.4 is 10.2 Å². The lowest BCUT2D eigenvalue weighted by molar-refractivity contribution is -0.146. The Balaban J connectivity index is 1.37. The molecule has 5 rings (SSSR count). The maximum atomic E-state index is 13.7. The number of likely N-dealkylation sites (tertiary alicyclic amines) is 1. The molecule has 2 aliphatic heterocycles. The van der Waals surface area contributed by atoms with Crippen LogP contribution in [0, 0.1) is 11.2 Å². The van der Waals surface area contributed by atoms with E-state index >= 15 is 0 Å². The first-order valence-electron chi connectivity index (χ1n) is 12.9. The van der Waals surface area contributed by atoms with Crippen molar-refractivity contribution in [3.63, 3.8) is 0 Å². The topological polar surface area (TPSA) is 69.7 Å². The Morgan fingerprint density at radius 1 is 1.03 bits per heavy atom. The molecule has 0 bridgehead atoms. The quantitative estimate of drug-likeness (QED) is 0.450. The minimum atomic E-state index is -0.558. The van der Waals surface area contributed by atoms with Crippen molar-refractivity contribution in [2.24, 2.45) is 5.41 Å². The number of carbonyl (C=O) groups is 3. The number of carbonyl (C=O) groups excluding carboxylic acids is 3. The van der Waals surface area contributed by atoms with Gasteiger partial charge in [0.15, 0.2) is 0 Å². The highest BCUT2D eigenvalue weighted by atomic mass is 35.5. The molecule has 3 amide bonds. The Hall–Kier alpha value is -3.71. The molecule has 1 N–H and O–H groups in total. The Morgan fingerprint density at radius 2 is 1.79 bits per heavy atom. The van der Waals surface area contributed by atoms with Crippen molar-refractivity contribution in [3.8, 4) is 0 Å². The third kappa shape index (κ3) is 4.90. The van der Waals surface area contributed by atoms with E-state index < -0.39 is 17.1 Å². The normalized spacial score (nSPS) is 19.2. The Kier molecular flexibility index (Phi) is 7.21. The molecule has 1 atom stereocenters. The van der Waals surface area contributed by atoms with Gasteiger partial charge in [-0.05, 0) is 86.7 Å². The van der Waals surface area contributed by atoms with Crippen LogP contribution in [0.15, 0.2) is 66.7 Å². The first kappa shape index (κ1) is 25.9. The van der Waals surface area contributed by atoms with Crippen molar-refractivity contribution in [3.05, 3.63) is 94.3 Å². The third-order valence-corrected chi connectivity index (χ3v) is 7.97. The second-order valence-corrected chi connectivity index (χ2v) is 10.3. The first-order valence-corrected chi connectivity index (χ1v) is 13.2. The summed E-state index contributed by atoms with van der Waals surface area (Å²) in [6.07, 6.45) is 3.01. The zero-order valence-electron chi connectivity index (χ0n) is 21.2. The SMILES string of the molecule is CCN1CCCC2(CCN(C(=O)c3ccc(NC(=O)c4cc(F)ccc4Cl)cc3)c3ccccc3C2)C1=O. The lowest BCUT2D eigenvalue weighted by Crippen LogP contribution is -2.50. The van der Waals surface area contributed by atoms with Crippen LogP contribution in [0.25, 0.3) is 0 Å². The number of rotatable bonds is 4. The fourth-order valence-electron chi connectivity index (χ4n) is 5.61. The second kappa shape index (κ2) is 10.6. The summed E-state index contributed by atoms with van der Waals surface area (Å²) in [5, 5.41) is 2.84. The highest BCUT2D eigenvalue weighted by Gasteiger charge is 2.45. The smallest absolute Gasteiger partial charge is 0.258 e. The van der Waals surface area contributed by atoms with E-state index in [9.17, 15) is 18.8 Å². The van der Waals surface area contributed by atoms with Crippen molar-refractivity contribution >= 4 is 40.7 Å². The number of nitrogens with zero attached hydrogens (tertiary/aromatic N) is 2. The summed E-state index contributed by atoms with van der Waals surface area (Å²) in [5.74, 6) is -1.08. The van der Waals surface area contributed by atoms with E-state index in [1.165, 1.54) is 12.1 Å². The fraction of sp³-hybridized carbons (Fsp3) is 0.300. The zero-order chi connectivity index (χ0) is 26.9. The highest BCUT2D eigenvalue weighted by molar-refractivity contribution is 6.34. The van der Waals surface area contributed by atoms with Gasteiger partial charge < -0.3 is 15.1 Å². The molecule has 0 saturated carbocycles. The minimum absolute atomic E-state index is 0.0285. The second-order valence-electron chi connectivity index (χ2n) is 9.94. The number of hydrogen-bond acceptors (Lipinski definition) is 3. The maximum absolute atomic E-state index is 13.7. The lowest BCUT2D eigenvalue weighted by Gasteiger charge is -2.41. The van der Waals surface area contributed by atoms with Crippen LogP contribution in [0.5, 0.6) is 0 Å². The van der Waals surface area contributed by atoms with Crippen molar-refractivity contribution in [2.45, 2.75) is 32.6 Å². The van der Waals surface area contributed by atoms with Crippen molar-refractivity contribution < 1.29 is 18.8 Å². The molecular weight excluding hydrogens is 505 g/mol. The largest absolute Gasteiger partial charge is 0.342 e. The molecular formula is C30H29ClFN3O3. The predicted molar refractivity (Wildman–Crippen MR) is 146 cm³/mol. The van der Waals surface area contributed by atoms with Crippen LogP contribution in [0.2, 0.25) is 5.02 Å². The summed E-state index contributed by atoms with van der Waals surface area (Å²) in [6.45, 7) is 3.93. The number of amides is 3. The first-order chi connectivity index (χ1) is 18.3. The van der Waals surface area contributed by atoms with Gasteiger partial charge in [0, 0.05) is 36.6 Å². The molecule has 2 aliphatic rings. The molecule has 3 aromatic rings. The van der Waals surface area contributed by atoms with Crippen molar-refractivity contribution in [1.29, 1.82) is 0 Å². The van der Waals surface area contributed by atoms with Gasteiger partial charge in [-0.1, -0.05) is 29.8 Å². The minimum Gasteiger partial charge on any atom is -0.342 e. The number of halogens is 2. The summed E-state index contributed by atoms with van der Waals surface area (Å²) < 4.78 is 13.6.